The second kappa shape index (κ2) is 3.34. The molecular formula is C9H7NO3S. The summed E-state index contributed by atoms with van der Waals surface area (Å²) in [6.07, 6.45) is 0. The van der Waals surface area contributed by atoms with Gasteiger partial charge in [-0.2, -0.15) is 0 Å². The lowest BCUT2D eigenvalue weighted by Gasteiger charge is -2.00. The van der Waals surface area contributed by atoms with Gasteiger partial charge in [0.1, 0.15) is 5.75 Å². The predicted molar refractivity (Wildman–Crippen MR) is 50.2 cm³/mol. The second-order valence-corrected chi connectivity index (χ2v) is 4.28. The topological polar surface area (TPSA) is 63.2 Å². The zero-order chi connectivity index (χ0) is 10.1. The van der Waals surface area contributed by atoms with Crippen LogP contribution in [0.5, 0.6) is 0 Å². The SMILES string of the molecule is O=C1CS(=O)c2ccccc2C(=O)N1. The smallest absolute Gasteiger partial charge is 0.259 e. The molecule has 1 N–H and O–H groups in total. The minimum absolute atomic E-state index is 0.150. The lowest BCUT2D eigenvalue weighted by Crippen LogP contribution is -2.30. The summed E-state index contributed by atoms with van der Waals surface area (Å²) < 4.78 is 11.6. The number of imide groups is 1. The van der Waals surface area contributed by atoms with E-state index in [1.807, 2.05) is 0 Å². The number of carbonyl (C=O) groups excluding carboxylic acids is 2. The molecule has 72 valence electrons. The lowest BCUT2D eigenvalue weighted by atomic mass is 10.2. The van der Waals surface area contributed by atoms with Crippen molar-refractivity contribution in [3.63, 3.8) is 0 Å². The molecule has 5 heteroatoms. The molecule has 0 aliphatic carbocycles. The molecule has 1 heterocycles. The van der Waals surface area contributed by atoms with Crippen molar-refractivity contribution >= 4 is 22.6 Å². The zero-order valence-electron chi connectivity index (χ0n) is 7.15. The van der Waals surface area contributed by atoms with E-state index in [1.54, 1.807) is 24.3 Å². The number of hydrogen-bond acceptors (Lipinski definition) is 3. The molecule has 0 fully saturated rings. The first-order valence-corrected chi connectivity index (χ1v) is 5.32. The summed E-state index contributed by atoms with van der Waals surface area (Å²) in [5, 5.41) is 2.16. The predicted octanol–water partition coefficient (Wildman–Crippen LogP) is 0.0642. The van der Waals surface area contributed by atoms with E-state index in [1.165, 1.54) is 0 Å². The molecule has 4 nitrogen and oxygen atoms in total. The maximum absolute atomic E-state index is 11.6. The number of hydrogen-bond donors (Lipinski definition) is 1. The monoisotopic (exact) mass is 209 g/mol. The van der Waals surface area contributed by atoms with E-state index in [0.717, 1.165) is 0 Å². The van der Waals surface area contributed by atoms with E-state index in [4.69, 9.17) is 0 Å². The van der Waals surface area contributed by atoms with E-state index in [0.29, 0.717) is 10.5 Å². The quantitative estimate of drug-likeness (QED) is 0.615. The van der Waals surface area contributed by atoms with E-state index in [-0.39, 0.29) is 5.75 Å². The summed E-state index contributed by atoms with van der Waals surface area (Å²) >= 11 is 0. The van der Waals surface area contributed by atoms with Gasteiger partial charge in [0.2, 0.25) is 5.91 Å². The molecule has 1 unspecified atom stereocenters. The summed E-state index contributed by atoms with van der Waals surface area (Å²) in [6.45, 7) is 0. The molecule has 2 amide bonds. The third-order valence-electron chi connectivity index (χ3n) is 1.89. The largest absolute Gasteiger partial charge is 0.291 e. The molecule has 0 saturated carbocycles. The first kappa shape index (κ1) is 9.08. The molecule has 1 aromatic rings. The highest BCUT2D eigenvalue weighted by Gasteiger charge is 2.23. The Morgan fingerprint density at radius 1 is 1.21 bits per heavy atom. The van der Waals surface area contributed by atoms with Crippen LogP contribution in [0.4, 0.5) is 0 Å². The summed E-state index contributed by atoms with van der Waals surface area (Å²) in [6, 6.07) is 6.52. The average molecular weight is 209 g/mol. The molecule has 0 bridgehead atoms. The molecular weight excluding hydrogens is 202 g/mol. The van der Waals surface area contributed by atoms with Gasteiger partial charge in [-0.05, 0) is 12.1 Å². The zero-order valence-corrected chi connectivity index (χ0v) is 7.97. The van der Waals surface area contributed by atoms with Crippen molar-refractivity contribution in [2.75, 3.05) is 5.75 Å². The third kappa shape index (κ3) is 1.46. The second-order valence-electron chi connectivity index (χ2n) is 2.86. The van der Waals surface area contributed by atoms with Crippen LogP contribution in [0, 0.1) is 0 Å². The highest BCUT2D eigenvalue weighted by Crippen LogP contribution is 2.15. The van der Waals surface area contributed by atoms with Crippen LogP contribution in [0.3, 0.4) is 0 Å². The van der Waals surface area contributed by atoms with E-state index in [9.17, 15) is 13.8 Å². The van der Waals surface area contributed by atoms with Crippen LogP contribution in [-0.4, -0.2) is 21.8 Å². The Hall–Kier alpha value is -1.49. The highest BCUT2D eigenvalue weighted by molar-refractivity contribution is 7.86. The van der Waals surface area contributed by atoms with E-state index < -0.39 is 22.6 Å². The van der Waals surface area contributed by atoms with Gasteiger partial charge in [-0.1, -0.05) is 12.1 Å². The van der Waals surface area contributed by atoms with Crippen LogP contribution in [0.15, 0.2) is 29.2 Å². The van der Waals surface area contributed by atoms with Gasteiger partial charge in [0.05, 0.1) is 21.3 Å². The average Bonchev–Trinajstić information content (AvgIpc) is 2.26. The van der Waals surface area contributed by atoms with Gasteiger partial charge < -0.3 is 0 Å². The van der Waals surface area contributed by atoms with Crippen molar-refractivity contribution in [1.29, 1.82) is 0 Å². The fraction of sp³-hybridized carbons (Fsp3) is 0.111. The molecule has 1 atom stereocenters. The molecule has 0 aromatic heterocycles. The molecule has 14 heavy (non-hydrogen) atoms. The van der Waals surface area contributed by atoms with Crippen molar-refractivity contribution in [3.8, 4) is 0 Å². The van der Waals surface area contributed by atoms with Gasteiger partial charge in [-0.3, -0.25) is 19.1 Å². The number of rotatable bonds is 0. The van der Waals surface area contributed by atoms with Gasteiger partial charge in [0.15, 0.2) is 0 Å². The maximum atomic E-state index is 11.6. The number of amides is 2. The van der Waals surface area contributed by atoms with Crippen molar-refractivity contribution in [1.82, 2.24) is 5.32 Å². The molecule has 1 aromatic carbocycles. The molecule has 1 aliphatic rings. The molecule has 2 rings (SSSR count). The first-order valence-electron chi connectivity index (χ1n) is 4.00. The summed E-state index contributed by atoms with van der Waals surface area (Å²) in [7, 11) is -1.42. The van der Waals surface area contributed by atoms with E-state index >= 15 is 0 Å². The minimum atomic E-state index is -1.42. The molecule has 0 spiro atoms. The lowest BCUT2D eigenvalue weighted by molar-refractivity contribution is -0.117. The van der Waals surface area contributed by atoms with Crippen LogP contribution < -0.4 is 5.32 Å². The highest BCUT2D eigenvalue weighted by atomic mass is 32.2. The number of nitrogens with one attached hydrogen (secondary N) is 1. The van der Waals surface area contributed by atoms with Crippen molar-refractivity contribution in [3.05, 3.63) is 29.8 Å². The Labute approximate surface area is 82.8 Å². The van der Waals surface area contributed by atoms with E-state index in [2.05, 4.69) is 5.32 Å². The Morgan fingerprint density at radius 3 is 2.71 bits per heavy atom. The van der Waals surface area contributed by atoms with Gasteiger partial charge >= 0.3 is 0 Å². The van der Waals surface area contributed by atoms with Crippen LogP contribution >= 0.6 is 0 Å². The summed E-state index contributed by atoms with van der Waals surface area (Å²) in [5.74, 6) is -1.12. The van der Waals surface area contributed by atoms with Crippen molar-refractivity contribution < 1.29 is 13.8 Å². The Kier molecular flexibility index (Phi) is 2.17. The van der Waals surface area contributed by atoms with Gasteiger partial charge in [-0.15, -0.1) is 0 Å². The van der Waals surface area contributed by atoms with Crippen molar-refractivity contribution in [2.24, 2.45) is 0 Å². The first-order chi connectivity index (χ1) is 6.68. The van der Waals surface area contributed by atoms with Gasteiger partial charge in [0, 0.05) is 0 Å². The Bertz CT molecular complexity index is 402. The maximum Gasteiger partial charge on any atom is 0.259 e. The molecule has 0 radical (unpaired) electrons. The minimum Gasteiger partial charge on any atom is -0.291 e. The molecule has 0 saturated heterocycles. The number of carbonyl (C=O) groups is 2. The van der Waals surface area contributed by atoms with Gasteiger partial charge in [0.25, 0.3) is 5.91 Å². The van der Waals surface area contributed by atoms with Crippen LogP contribution in [0.1, 0.15) is 10.4 Å². The number of benzene rings is 1. The summed E-state index contributed by atoms with van der Waals surface area (Å²) in [4.78, 5) is 22.9. The molecule has 1 aliphatic heterocycles. The fourth-order valence-electron chi connectivity index (χ4n) is 1.28. The Balaban J connectivity index is 2.59. The van der Waals surface area contributed by atoms with Crippen molar-refractivity contribution in [2.45, 2.75) is 4.90 Å². The summed E-state index contributed by atoms with van der Waals surface area (Å²) in [5.41, 5.74) is 0.316. The number of fused-ring (bicyclic) bond motifs is 1. The normalized spacial score (nSPS) is 21.0. The van der Waals surface area contributed by atoms with Crippen LogP contribution in [0.25, 0.3) is 0 Å². The fourth-order valence-corrected chi connectivity index (χ4v) is 2.38. The van der Waals surface area contributed by atoms with Crippen LogP contribution in [0.2, 0.25) is 0 Å². The Morgan fingerprint density at radius 2 is 1.93 bits per heavy atom. The third-order valence-corrected chi connectivity index (χ3v) is 3.26. The van der Waals surface area contributed by atoms with Crippen LogP contribution in [-0.2, 0) is 15.6 Å². The standard InChI is InChI=1S/C9H7NO3S/c11-8-5-14(13)7-4-2-1-3-6(7)9(12)10-8/h1-4H,5H2,(H,10,11,12). The van der Waals surface area contributed by atoms with Gasteiger partial charge in [-0.25, -0.2) is 0 Å².